The standard InChI is InChI=1S/C19H24N2O2/c22-18(14-20-11-8-15-5-1-2-7-17(15)20)21-12-10-19(23)9-4-3-6-16(19)13-21/h1-2,5,7-8,11,16,23H,3-4,6,9-10,12-14H2/t16-,19-/m1/s1. The van der Waals surface area contributed by atoms with Gasteiger partial charge < -0.3 is 14.6 Å². The Balaban J connectivity index is 1.47. The van der Waals surface area contributed by atoms with Gasteiger partial charge >= 0.3 is 0 Å². The van der Waals surface area contributed by atoms with Crippen LogP contribution in [0.4, 0.5) is 0 Å². The Labute approximate surface area is 136 Å². The largest absolute Gasteiger partial charge is 0.389 e. The van der Waals surface area contributed by atoms with Gasteiger partial charge in [-0.15, -0.1) is 0 Å². The minimum Gasteiger partial charge on any atom is -0.389 e. The SMILES string of the molecule is O=C(Cn1ccc2ccccc21)N1CC[C@]2(O)CCCC[C@@H]2C1. The average molecular weight is 312 g/mol. The van der Waals surface area contributed by atoms with Crippen LogP contribution in [-0.4, -0.2) is 39.2 Å². The first-order valence-corrected chi connectivity index (χ1v) is 8.70. The molecular formula is C19H24N2O2. The van der Waals surface area contributed by atoms with Gasteiger partial charge in [-0.2, -0.15) is 0 Å². The number of benzene rings is 1. The number of aromatic nitrogens is 1. The topological polar surface area (TPSA) is 45.5 Å². The van der Waals surface area contributed by atoms with Crippen molar-refractivity contribution < 1.29 is 9.90 Å². The molecule has 0 spiro atoms. The van der Waals surface area contributed by atoms with Gasteiger partial charge in [0.05, 0.1) is 5.60 Å². The molecule has 1 amide bonds. The molecule has 1 aliphatic heterocycles. The zero-order valence-electron chi connectivity index (χ0n) is 13.4. The van der Waals surface area contributed by atoms with Crippen LogP contribution >= 0.6 is 0 Å². The number of carbonyl (C=O) groups is 1. The summed E-state index contributed by atoms with van der Waals surface area (Å²) in [5.41, 5.74) is 0.585. The number of rotatable bonds is 2. The molecule has 122 valence electrons. The normalized spacial score (nSPS) is 27.9. The highest BCUT2D eigenvalue weighted by atomic mass is 16.3. The highest BCUT2D eigenvalue weighted by molar-refractivity contribution is 5.83. The summed E-state index contributed by atoms with van der Waals surface area (Å²) in [4.78, 5) is 14.7. The quantitative estimate of drug-likeness (QED) is 0.927. The number of hydrogen-bond acceptors (Lipinski definition) is 2. The molecule has 2 fully saturated rings. The van der Waals surface area contributed by atoms with Crippen molar-refractivity contribution in [2.45, 2.75) is 44.2 Å². The zero-order valence-corrected chi connectivity index (χ0v) is 13.4. The Morgan fingerprint density at radius 3 is 3.00 bits per heavy atom. The number of para-hydroxylation sites is 1. The number of amides is 1. The second kappa shape index (κ2) is 5.68. The van der Waals surface area contributed by atoms with Crippen LogP contribution in [0.2, 0.25) is 0 Å². The lowest BCUT2D eigenvalue weighted by molar-refractivity contribution is -0.143. The Morgan fingerprint density at radius 1 is 1.22 bits per heavy atom. The van der Waals surface area contributed by atoms with Gasteiger partial charge in [0, 0.05) is 30.7 Å². The predicted octanol–water partition coefficient (Wildman–Crippen LogP) is 2.79. The molecule has 2 heterocycles. The van der Waals surface area contributed by atoms with Gasteiger partial charge in [0.2, 0.25) is 5.91 Å². The molecule has 4 nitrogen and oxygen atoms in total. The zero-order chi connectivity index (χ0) is 15.9. The predicted molar refractivity (Wildman–Crippen MR) is 90.0 cm³/mol. The lowest BCUT2D eigenvalue weighted by Gasteiger charge is -2.47. The lowest BCUT2D eigenvalue weighted by atomic mass is 9.71. The molecule has 23 heavy (non-hydrogen) atoms. The Morgan fingerprint density at radius 2 is 2.09 bits per heavy atom. The van der Waals surface area contributed by atoms with Crippen molar-refractivity contribution in [3.63, 3.8) is 0 Å². The molecule has 2 aromatic rings. The van der Waals surface area contributed by atoms with Gasteiger partial charge in [0.15, 0.2) is 0 Å². The van der Waals surface area contributed by atoms with E-state index < -0.39 is 5.60 Å². The fourth-order valence-corrected chi connectivity index (χ4v) is 4.32. The number of hydrogen-bond donors (Lipinski definition) is 1. The van der Waals surface area contributed by atoms with E-state index in [0.717, 1.165) is 31.2 Å². The van der Waals surface area contributed by atoms with E-state index >= 15 is 0 Å². The summed E-state index contributed by atoms with van der Waals surface area (Å²) in [6.07, 6.45) is 6.97. The highest BCUT2D eigenvalue weighted by Crippen LogP contribution is 2.39. The van der Waals surface area contributed by atoms with Gasteiger partial charge in [-0.3, -0.25) is 4.79 Å². The number of piperidine rings is 1. The molecule has 1 aliphatic carbocycles. The second-order valence-corrected chi connectivity index (χ2v) is 7.14. The molecule has 1 N–H and O–H groups in total. The molecule has 1 aromatic heterocycles. The molecule has 0 bridgehead atoms. The molecule has 0 unspecified atom stereocenters. The summed E-state index contributed by atoms with van der Waals surface area (Å²) in [5.74, 6) is 0.425. The number of carbonyl (C=O) groups excluding carboxylic acids is 1. The Kier molecular flexibility index (Phi) is 3.64. The van der Waals surface area contributed by atoms with Crippen LogP contribution in [0.25, 0.3) is 10.9 Å². The summed E-state index contributed by atoms with van der Waals surface area (Å²) in [6.45, 7) is 1.79. The van der Waals surface area contributed by atoms with Crippen molar-refractivity contribution in [2.75, 3.05) is 13.1 Å². The van der Waals surface area contributed by atoms with Crippen LogP contribution in [-0.2, 0) is 11.3 Å². The summed E-state index contributed by atoms with van der Waals surface area (Å²) in [7, 11) is 0. The fraction of sp³-hybridized carbons (Fsp3) is 0.526. The average Bonchev–Trinajstić information content (AvgIpc) is 2.97. The third kappa shape index (κ3) is 2.65. The van der Waals surface area contributed by atoms with Crippen molar-refractivity contribution in [1.82, 2.24) is 9.47 Å². The van der Waals surface area contributed by atoms with Crippen LogP contribution in [0.15, 0.2) is 36.5 Å². The van der Waals surface area contributed by atoms with E-state index in [1.165, 1.54) is 11.8 Å². The molecule has 0 radical (unpaired) electrons. The van der Waals surface area contributed by atoms with E-state index in [1.807, 2.05) is 27.8 Å². The van der Waals surface area contributed by atoms with Crippen LogP contribution in [0, 0.1) is 5.92 Å². The number of nitrogens with zero attached hydrogens (tertiary/aromatic N) is 2. The van der Waals surface area contributed by atoms with Crippen LogP contribution in [0.1, 0.15) is 32.1 Å². The van der Waals surface area contributed by atoms with Gasteiger partial charge in [-0.25, -0.2) is 0 Å². The minimum atomic E-state index is -0.519. The Bertz CT molecular complexity index is 723. The maximum absolute atomic E-state index is 12.7. The first-order chi connectivity index (χ1) is 11.2. The number of likely N-dealkylation sites (tertiary alicyclic amines) is 1. The van der Waals surface area contributed by atoms with Crippen molar-refractivity contribution in [2.24, 2.45) is 5.92 Å². The van der Waals surface area contributed by atoms with E-state index in [1.54, 1.807) is 0 Å². The van der Waals surface area contributed by atoms with Crippen molar-refractivity contribution in [1.29, 1.82) is 0 Å². The van der Waals surface area contributed by atoms with E-state index in [0.29, 0.717) is 19.6 Å². The van der Waals surface area contributed by atoms with Gasteiger partial charge in [0.25, 0.3) is 0 Å². The van der Waals surface area contributed by atoms with Crippen molar-refractivity contribution >= 4 is 16.8 Å². The summed E-state index contributed by atoms with van der Waals surface area (Å²) >= 11 is 0. The number of aliphatic hydroxyl groups is 1. The molecule has 1 saturated carbocycles. The summed E-state index contributed by atoms with van der Waals surface area (Å²) in [6, 6.07) is 10.2. The first-order valence-electron chi connectivity index (χ1n) is 8.70. The lowest BCUT2D eigenvalue weighted by Crippen LogP contribution is -2.55. The van der Waals surface area contributed by atoms with Crippen LogP contribution in [0.3, 0.4) is 0 Å². The third-order valence-electron chi connectivity index (χ3n) is 5.77. The molecule has 4 heteroatoms. The highest BCUT2D eigenvalue weighted by Gasteiger charge is 2.43. The number of fused-ring (bicyclic) bond motifs is 2. The minimum absolute atomic E-state index is 0.166. The maximum Gasteiger partial charge on any atom is 0.242 e. The molecule has 2 aliphatic rings. The molecule has 4 rings (SSSR count). The van der Waals surface area contributed by atoms with Crippen molar-refractivity contribution in [3.05, 3.63) is 36.5 Å². The Hall–Kier alpha value is -1.81. The van der Waals surface area contributed by atoms with E-state index in [2.05, 4.69) is 18.2 Å². The van der Waals surface area contributed by atoms with Gasteiger partial charge in [-0.1, -0.05) is 31.0 Å². The van der Waals surface area contributed by atoms with Gasteiger partial charge in [0.1, 0.15) is 6.54 Å². The van der Waals surface area contributed by atoms with Crippen LogP contribution < -0.4 is 0 Å². The van der Waals surface area contributed by atoms with E-state index in [9.17, 15) is 9.90 Å². The monoisotopic (exact) mass is 312 g/mol. The van der Waals surface area contributed by atoms with E-state index in [4.69, 9.17) is 0 Å². The maximum atomic E-state index is 12.7. The van der Waals surface area contributed by atoms with E-state index in [-0.39, 0.29) is 11.8 Å². The fourth-order valence-electron chi connectivity index (χ4n) is 4.32. The second-order valence-electron chi connectivity index (χ2n) is 7.14. The molecular weight excluding hydrogens is 288 g/mol. The third-order valence-corrected chi connectivity index (χ3v) is 5.77. The first kappa shape index (κ1) is 14.8. The molecule has 1 aromatic carbocycles. The molecule has 1 saturated heterocycles. The van der Waals surface area contributed by atoms with Crippen LogP contribution in [0.5, 0.6) is 0 Å². The summed E-state index contributed by atoms with van der Waals surface area (Å²) < 4.78 is 2.03. The van der Waals surface area contributed by atoms with Gasteiger partial charge in [-0.05, 0) is 36.8 Å². The van der Waals surface area contributed by atoms with Crippen molar-refractivity contribution in [3.8, 4) is 0 Å². The molecule has 2 atom stereocenters. The summed E-state index contributed by atoms with van der Waals surface area (Å²) in [5, 5.41) is 11.9. The smallest absolute Gasteiger partial charge is 0.242 e.